The van der Waals surface area contributed by atoms with Crippen LogP contribution in [0.15, 0.2) is 54.6 Å². The molecule has 2 aromatic rings. The van der Waals surface area contributed by atoms with Crippen LogP contribution in [0.3, 0.4) is 0 Å². The summed E-state index contributed by atoms with van der Waals surface area (Å²) in [4.78, 5) is 29.3. The van der Waals surface area contributed by atoms with Crippen LogP contribution < -0.4 is 10.6 Å². The Labute approximate surface area is 185 Å². The molecule has 166 valence electrons. The number of para-hydroxylation sites is 1. The maximum atomic E-state index is 12.9. The Kier molecular flexibility index (Phi) is 8.06. The Hall–Kier alpha value is -2.86. The van der Waals surface area contributed by atoms with Gasteiger partial charge in [0.05, 0.1) is 0 Å². The average molecular weight is 423 g/mol. The lowest BCUT2D eigenvalue weighted by Gasteiger charge is -2.32. The molecule has 3 amide bonds. The predicted octanol–water partition coefficient (Wildman–Crippen LogP) is 4.34. The van der Waals surface area contributed by atoms with E-state index < -0.39 is 0 Å². The van der Waals surface area contributed by atoms with Crippen molar-refractivity contribution in [2.75, 3.05) is 25.0 Å². The average Bonchev–Trinajstić information content (AvgIpc) is 2.78. The van der Waals surface area contributed by atoms with Gasteiger partial charge in [0, 0.05) is 43.0 Å². The molecular formula is C25H34N4O2. The van der Waals surface area contributed by atoms with Crippen LogP contribution in [0.4, 0.5) is 10.5 Å². The van der Waals surface area contributed by atoms with E-state index in [0.29, 0.717) is 19.1 Å². The van der Waals surface area contributed by atoms with Crippen molar-refractivity contribution < 1.29 is 9.59 Å². The minimum absolute atomic E-state index is 0.0648. The highest BCUT2D eigenvalue weighted by Gasteiger charge is 2.24. The Balaban J connectivity index is 1.47. The third kappa shape index (κ3) is 6.56. The maximum absolute atomic E-state index is 12.9. The summed E-state index contributed by atoms with van der Waals surface area (Å²) in [5.74, 6) is 0.0648. The van der Waals surface area contributed by atoms with Crippen LogP contribution in [0.25, 0.3) is 0 Å². The van der Waals surface area contributed by atoms with Gasteiger partial charge in [0.1, 0.15) is 0 Å². The summed E-state index contributed by atoms with van der Waals surface area (Å²) in [6.07, 6.45) is 1.51. The summed E-state index contributed by atoms with van der Waals surface area (Å²) < 4.78 is 0. The number of benzene rings is 2. The molecule has 0 atom stereocenters. The van der Waals surface area contributed by atoms with Gasteiger partial charge >= 0.3 is 6.03 Å². The van der Waals surface area contributed by atoms with Gasteiger partial charge in [0.15, 0.2) is 0 Å². The summed E-state index contributed by atoms with van der Waals surface area (Å²) in [5, 5.41) is 5.86. The Morgan fingerprint density at radius 1 is 1.03 bits per heavy atom. The predicted molar refractivity (Wildman–Crippen MR) is 125 cm³/mol. The zero-order chi connectivity index (χ0) is 22.2. The van der Waals surface area contributed by atoms with Crippen molar-refractivity contribution in [1.29, 1.82) is 0 Å². The van der Waals surface area contributed by atoms with Gasteiger partial charge in [-0.2, -0.15) is 0 Å². The van der Waals surface area contributed by atoms with Gasteiger partial charge in [0.25, 0.3) is 5.91 Å². The van der Waals surface area contributed by atoms with Gasteiger partial charge in [-0.1, -0.05) is 37.3 Å². The molecular weight excluding hydrogens is 388 g/mol. The molecule has 2 aromatic carbocycles. The SMILES string of the molecule is CCN(Cc1ccc(C(=O)N2CCC(NC(=O)Nc3ccccc3)CC2)cc1)C(C)C. The van der Waals surface area contributed by atoms with Crippen molar-refractivity contribution in [2.45, 2.75) is 52.2 Å². The number of nitrogens with one attached hydrogen (secondary N) is 2. The molecule has 1 aliphatic heterocycles. The van der Waals surface area contributed by atoms with Gasteiger partial charge < -0.3 is 15.5 Å². The lowest BCUT2D eigenvalue weighted by atomic mass is 10.0. The molecule has 1 fully saturated rings. The normalized spacial score (nSPS) is 14.7. The molecule has 3 rings (SSSR count). The number of anilines is 1. The quantitative estimate of drug-likeness (QED) is 0.697. The molecule has 1 heterocycles. The van der Waals surface area contributed by atoms with Crippen molar-refractivity contribution in [3.05, 3.63) is 65.7 Å². The molecule has 1 aliphatic rings. The van der Waals surface area contributed by atoms with E-state index in [0.717, 1.165) is 37.2 Å². The standard InChI is InChI=1S/C25H34N4O2/c1-4-28(19(2)3)18-20-10-12-21(13-11-20)24(30)29-16-14-23(15-17-29)27-25(31)26-22-8-6-5-7-9-22/h5-13,19,23H,4,14-18H2,1-3H3,(H2,26,27,31). The van der Waals surface area contributed by atoms with E-state index in [4.69, 9.17) is 0 Å². The molecule has 0 saturated carbocycles. The monoisotopic (exact) mass is 422 g/mol. The van der Waals surface area contributed by atoms with Crippen molar-refractivity contribution in [3.8, 4) is 0 Å². The van der Waals surface area contributed by atoms with Crippen LogP contribution in [0.5, 0.6) is 0 Å². The zero-order valence-corrected chi connectivity index (χ0v) is 18.8. The number of likely N-dealkylation sites (tertiary alicyclic amines) is 1. The molecule has 6 nitrogen and oxygen atoms in total. The highest BCUT2D eigenvalue weighted by atomic mass is 16.2. The fraction of sp³-hybridized carbons (Fsp3) is 0.440. The van der Waals surface area contributed by atoms with Crippen LogP contribution in [-0.2, 0) is 6.54 Å². The smallest absolute Gasteiger partial charge is 0.319 e. The first-order valence-electron chi connectivity index (χ1n) is 11.2. The van der Waals surface area contributed by atoms with Gasteiger partial charge in [-0.3, -0.25) is 9.69 Å². The van der Waals surface area contributed by atoms with Crippen molar-refractivity contribution in [3.63, 3.8) is 0 Å². The second-order valence-electron chi connectivity index (χ2n) is 8.38. The van der Waals surface area contributed by atoms with Gasteiger partial charge in [-0.25, -0.2) is 4.79 Å². The molecule has 0 bridgehead atoms. The number of nitrogens with zero attached hydrogens (tertiary/aromatic N) is 2. The van der Waals surface area contributed by atoms with Gasteiger partial charge in [0.2, 0.25) is 0 Å². The minimum atomic E-state index is -0.200. The first-order chi connectivity index (χ1) is 15.0. The number of urea groups is 1. The molecule has 6 heteroatoms. The zero-order valence-electron chi connectivity index (χ0n) is 18.8. The third-order valence-electron chi connectivity index (χ3n) is 5.87. The Morgan fingerprint density at radius 3 is 2.26 bits per heavy atom. The van der Waals surface area contributed by atoms with Crippen molar-refractivity contribution >= 4 is 17.6 Å². The molecule has 0 spiro atoms. The number of carbonyl (C=O) groups is 2. The summed E-state index contributed by atoms with van der Waals surface area (Å²) in [6.45, 7) is 9.76. The number of hydrogen-bond donors (Lipinski definition) is 2. The summed E-state index contributed by atoms with van der Waals surface area (Å²) >= 11 is 0. The van der Waals surface area contributed by atoms with Crippen LogP contribution in [0, 0.1) is 0 Å². The number of rotatable bonds is 7. The van der Waals surface area contributed by atoms with E-state index >= 15 is 0 Å². The first kappa shape index (κ1) is 22.8. The number of carbonyl (C=O) groups excluding carboxylic acids is 2. The molecule has 0 unspecified atom stereocenters. The fourth-order valence-electron chi connectivity index (χ4n) is 3.93. The fourth-order valence-corrected chi connectivity index (χ4v) is 3.93. The lowest BCUT2D eigenvalue weighted by Crippen LogP contribution is -2.47. The van der Waals surface area contributed by atoms with Gasteiger partial charge in [-0.15, -0.1) is 0 Å². The van der Waals surface area contributed by atoms with E-state index in [1.165, 1.54) is 5.56 Å². The first-order valence-corrected chi connectivity index (χ1v) is 11.2. The Bertz CT molecular complexity index is 844. The van der Waals surface area contributed by atoms with E-state index in [1.54, 1.807) is 0 Å². The highest BCUT2D eigenvalue weighted by Crippen LogP contribution is 2.16. The maximum Gasteiger partial charge on any atom is 0.319 e. The molecule has 0 aromatic heterocycles. The summed E-state index contributed by atoms with van der Waals surface area (Å²) in [6, 6.07) is 17.7. The lowest BCUT2D eigenvalue weighted by molar-refractivity contribution is 0.0709. The molecule has 0 aliphatic carbocycles. The second kappa shape index (κ2) is 11.0. The third-order valence-corrected chi connectivity index (χ3v) is 5.87. The van der Waals surface area contributed by atoms with Crippen molar-refractivity contribution in [2.24, 2.45) is 0 Å². The molecule has 31 heavy (non-hydrogen) atoms. The summed E-state index contributed by atoms with van der Waals surface area (Å²) in [5.41, 5.74) is 2.72. The minimum Gasteiger partial charge on any atom is -0.338 e. The molecule has 2 N–H and O–H groups in total. The van der Waals surface area contributed by atoms with E-state index in [9.17, 15) is 9.59 Å². The molecule has 1 saturated heterocycles. The number of amides is 3. The molecule has 0 radical (unpaired) electrons. The summed E-state index contributed by atoms with van der Waals surface area (Å²) in [7, 11) is 0. The van der Waals surface area contributed by atoms with Crippen molar-refractivity contribution in [1.82, 2.24) is 15.1 Å². The number of hydrogen-bond acceptors (Lipinski definition) is 3. The van der Waals surface area contributed by atoms with Crippen LogP contribution in [0.2, 0.25) is 0 Å². The Morgan fingerprint density at radius 2 is 1.68 bits per heavy atom. The highest BCUT2D eigenvalue weighted by molar-refractivity contribution is 5.94. The topological polar surface area (TPSA) is 64.7 Å². The van der Waals surface area contributed by atoms with E-state index in [1.807, 2.05) is 47.4 Å². The van der Waals surface area contributed by atoms with E-state index in [2.05, 4.69) is 48.4 Å². The number of piperidine rings is 1. The van der Waals surface area contributed by atoms with Crippen LogP contribution in [0.1, 0.15) is 49.5 Å². The van der Waals surface area contributed by atoms with Crippen LogP contribution in [-0.4, -0.2) is 53.5 Å². The van der Waals surface area contributed by atoms with Crippen LogP contribution >= 0.6 is 0 Å². The second-order valence-corrected chi connectivity index (χ2v) is 8.38. The largest absolute Gasteiger partial charge is 0.338 e. The van der Waals surface area contributed by atoms with Gasteiger partial charge in [-0.05, 0) is 63.1 Å². The van der Waals surface area contributed by atoms with E-state index in [-0.39, 0.29) is 18.0 Å².